The van der Waals surface area contributed by atoms with E-state index in [-0.39, 0.29) is 30.0 Å². The third-order valence-corrected chi connectivity index (χ3v) is 2.59. The molecular weight excluding hydrogens is 239 g/mol. The number of ether oxygens (including phenoxy) is 1. The Morgan fingerprint density at radius 3 is 2.83 bits per heavy atom. The van der Waals surface area contributed by atoms with Crippen molar-refractivity contribution in [2.24, 2.45) is 4.99 Å². The van der Waals surface area contributed by atoms with E-state index in [0.29, 0.717) is 5.69 Å². The van der Waals surface area contributed by atoms with Gasteiger partial charge in [0.1, 0.15) is 11.4 Å². The Labute approximate surface area is 103 Å². The molecule has 0 spiro atoms. The van der Waals surface area contributed by atoms with Gasteiger partial charge in [-0.2, -0.15) is 4.99 Å². The normalized spacial score (nSPS) is 14.0. The zero-order valence-electron chi connectivity index (χ0n) is 9.94. The van der Waals surface area contributed by atoms with Crippen LogP contribution < -0.4 is 9.64 Å². The molecule has 94 valence electrons. The van der Waals surface area contributed by atoms with Crippen LogP contribution in [0.1, 0.15) is 13.8 Å². The Morgan fingerprint density at radius 1 is 1.50 bits per heavy atom. The summed E-state index contributed by atoms with van der Waals surface area (Å²) in [5.74, 6) is -0.633. The molecule has 18 heavy (non-hydrogen) atoms. The second kappa shape index (κ2) is 4.58. The maximum atomic E-state index is 13.5. The number of hydrogen-bond donors (Lipinski definition) is 0. The van der Waals surface area contributed by atoms with Crippen molar-refractivity contribution in [2.45, 2.75) is 19.9 Å². The first-order valence-electron chi connectivity index (χ1n) is 5.41. The Kier molecular flexibility index (Phi) is 3.12. The molecule has 0 aliphatic carbocycles. The van der Waals surface area contributed by atoms with Crippen LogP contribution in [0, 0.1) is 5.82 Å². The summed E-state index contributed by atoms with van der Waals surface area (Å²) < 4.78 is 18.7. The number of nitrogens with zero attached hydrogens (tertiary/aromatic N) is 2. The van der Waals surface area contributed by atoms with Crippen molar-refractivity contribution in [2.75, 3.05) is 11.5 Å². The van der Waals surface area contributed by atoms with Gasteiger partial charge in [-0.05, 0) is 19.9 Å². The Morgan fingerprint density at radius 2 is 2.22 bits per heavy atom. The summed E-state index contributed by atoms with van der Waals surface area (Å²) in [5, 5.41) is 0. The van der Waals surface area contributed by atoms with Crippen molar-refractivity contribution in [1.82, 2.24) is 0 Å². The molecule has 1 aromatic rings. The minimum Gasteiger partial charge on any atom is -0.481 e. The number of amides is 1. The molecule has 0 aromatic heterocycles. The van der Waals surface area contributed by atoms with Crippen LogP contribution in [0.25, 0.3) is 0 Å². The summed E-state index contributed by atoms with van der Waals surface area (Å²) in [6.45, 7) is 3.54. The number of carbonyl (C=O) groups excluding carboxylic acids is 2. The summed E-state index contributed by atoms with van der Waals surface area (Å²) in [7, 11) is 0. The van der Waals surface area contributed by atoms with Gasteiger partial charge in [-0.25, -0.2) is 9.18 Å². The van der Waals surface area contributed by atoms with Crippen molar-refractivity contribution < 1.29 is 18.7 Å². The zero-order chi connectivity index (χ0) is 13.3. The lowest BCUT2D eigenvalue weighted by Gasteiger charge is -2.32. The number of hydrogen-bond acceptors (Lipinski definition) is 4. The molecule has 5 nitrogen and oxygen atoms in total. The van der Waals surface area contributed by atoms with E-state index in [4.69, 9.17) is 4.74 Å². The van der Waals surface area contributed by atoms with Gasteiger partial charge in [0, 0.05) is 12.1 Å². The third-order valence-electron chi connectivity index (χ3n) is 2.59. The van der Waals surface area contributed by atoms with Crippen molar-refractivity contribution >= 4 is 23.4 Å². The average molecular weight is 250 g/mol. The van der Waals surface area contributed by atoms with Crippen molar-refractivity contribution in [1.29, 1.82) is 0 Å². The topological polar surface area (TPSA) is 59.0 Å². The maximum Gasteiger partial charge on any atom is 0.265 e. The number of isocyanates is 1. The van der Waals surface area contributed by atoms with E-state index in [9.17, 15) is 14.0 Å². The summed E-state index contributed by atoms with van der Waals surface area (Å²) in [4.78, 5) is 26.7. The summed E-state index contributed by atoms with van der Waals surface area (Å²) in [5.41, 5.74) is 0.254. The monoisotopic (exact) mass is 250 g/mol. The molecular formula is C12H11FN2O3. The first-order chi connectivity index (χ1) is 8.54. The van der Waals surface area contributed by atoms with E-state index in [0.717, 1.165) is 6.07 Å². The van der Waals surface area contributed by atoms with E-state index < -0.39 is 5.82 Å². The predicted molar refractivity (Wildman–Crippen MR) is 62.3 cm³/mol. The highest BCUT2D eigenvalue weighted by Gasteiger charge is 2.29. The fraction of sp³-hybridized carbons (Fsp3) is 0.333. The highest BCUT2D eigenvalue weighted by molar-refractivity contribution is 5.98. The van der Waals surface area contributed by atoms with Crippen molar-refractivity contribution in [3.63, 3.8) is 0 Å². The Hall–Kier alpha value is -2.20. The molecule has 0 N–H and O–H groups in total. The molecule has 1 aliphatic rings. The number of anilines is 1. The number of halogens is 1. The van der Waals surface area contributed by atoms with Crippen LogP contribution in [0.4, 0.5) is 15.8 Å². The van der Waals surface area contributed by atoms with Crippen LogP contribution in [0.5, 0.6) is 5.75 Å². The van der Waals surface area contributed by atoms with E-state index >= 15 is 0 Å². The molecule has 6 heteroatoms. The lowest BCUT2D eigenvalue weighted by atomic mass is 10.1. The molecule has 2 rings (SSSR count). The third kappa shape index (κ3) is 1.98. The first-order valence-corrected chi connectivity index (χ1v) is 5.41. The second-order valence-corrected chi connectivity index (χ2v) is 4.12. The van der Waals surface area contributed by atoms with E-state index in [2.05, 4.69) is 4.99 Å². The predicted octanol–water partition coefficient (Wildman–Crippen LogP) is 1.93. The molecule has 0 unspecified atom stereocenters. The molecule has 0 atom stereocenters. The summed E-state index contributed by atoms with van der Waals surface area (Å²) >= 11 is 0. The number of rotatable bonds is 2. The number of carbonyl (C=O) groups is 1. The van der Waals surface area contributed by atoms with E-state index in [1.165, 1.54) is 17.0 Å². The standard InChI is InChI=1S/C12H11FN2O3/c1-7(2)15-10-4-9(14-6-16)8(13)3-11(10)18-5-12(15)17/h3-4,7H,5H2,1-2H3. The van der Waals surface area contributed by atoms with Crippen LogP contribution in [0.3, 0.4) is 0 Å². The van der Waals surface area contributed by atoms with Gasteiger partial charge in [-0.1, -0.05) is 0 Å². The average Bonchev–Trinajstić information content (AvgIpc) is 2.30. The molecule has 0 fully saturated rings. The Balaban J connectivity index is 2.59. The van der Waals surface area contributed by atoms with Gasteiger partial charge in [0.05, 0.1) is 5.69 Å². The first kappa shape index (κ1) is 12.3. The highest BCUT2D eigenvalue weighted by atomic mass is 19.1. The summed E-state index contributed by atoms with van der Waals surface area (Å²) in [6.07, 6.45) is 1.28. The molecule has 1 amide bonds. The van der Waals surface area contributed by atoms with Gasteiger partial charge < -0.3 is 9.64 Å². The number of aliphatic imine (C=N–C) groups is 1. The Bertz CT molecular complexity index is 550. The van der Waals surface area contributed by atoms with Gasteiger partial charge in [0.25, 0.3) is 5.91 Å². The molecule has 0 bridgehead atoms. The van der Waals surface area contributed by atoms with Gasteiger partial charge in [0.15, 0.2) is 12.4 Å². The minimum atomic E-state index is -0.685. The molecule has 0 saturated heterocycles. The second-order valence-electron chi connectivity index (χ2n) is 4.12. The quantitative estimate of drug-likeness (QED) is 0.595. The smallest absolute Gasteiger partial charge is 0.265 e. The van der Waals surface area contributed by atoms with Gasteiger partial charge >= 0.3 is 0 Å². The van der Waals surface area contributed by atoms with Crippen LogP contribution in [0.2, 0.25) is 0 Å². The van der Waals surface area contributed by atoms with Gasteiger partial charge in [0.2, 0.25) is 6.08 Å². The van der Waals surface area contributed by atoms with Gasteiger partial charge in [-0.3, -0.25) is 4.79 Å². The highest BCUT2D eigenvalue weighted by Crippen LogP contribution is 2.38. The molecule has 1 aliphatic heterocycles. The van der Waals surface area contributed by atoms with E-state index in [1.807, 2.05) is 13.8 Å². The van der Waals surface area contributed by atoms with Crippen LogP contribution in [0.15, 0.2) is 17.1 Å². The number of fused-ring (bicyclic) bond motifs is 1. The molecule has 0 radical (unpaired) electrons. The van der Waals surface area contributed by atoms with Gasteiger partial charge in [-0.15, -0.1) is 0 Å². The molecule has 0 saturated carbocycles. The van der Waals surface area contributed by atoms with E-state index in [1.54, 1.807) is 0 Å². The number of benzene rings is 1. The van der Waals surface area contributed by atoms with Crippen molar-refractivity contribution in [3.8, 4) is 5.75 Å². The maximum absolute atomic E-state index is 13.5. The summed E-state index contributed by atoms with van der Waals surface area (Å²) in [6, 6.07) is 2.33. The molecule has 1 heterocycles. The zero-order valence-corrected chi connectivity index (χ0v) is 9.94. The van der Waals surface area contributed by atoms with Crippen molar-refractivity contribution in [3.05, 3.63) is 17.9 Å². The lowest BCUT2D eigenvalue weighted by molar-refractivity contribution is -0.121. The van der Waals surface area contributed by atoms with Crippen LogP contribution in [-0.2, 0) is 9.59 Å². The fourth-order valence-corrected chi connectivity index (χ4v) is 1.88. The van der Waals surface area contributed by atoms with Crippen LogP contribution in [-0.4, -0.2) is 24.6 Å². The fourth-order valence-electron chi connectivity index (χ4n) is 1.88. The largest absolute Gasteiger partial charge is 0.481 e. The van der Waals surface area contributed by atoms with Crippen LogP contribution >= 0.6 is 0 Å². The minimum absolute atomic E-state index is 0.0985. The molecule has 1 aromatic carbocycles. The SMILES string of the molecule is CC(C)N1C(=O)COc2cc(F)c(N=C=O)cc21. The lowest BCUT2D eigenvalue weighted by Crippen LogP contribution is -2.43.